The maximum Gasteiger partial charge on any atom is 0.119 e. The quantitative estimate of drug-likeness (QED) is 0.0182. The van der Waals surface area contributed by atoms with Crippen molar-refractivity contribution in [3.63, 3.8) is 0 Å². The van der Waals surface area contributed by atoms with E-state index in [2.05, 4.69) is 142 Å². The van der Waals surface area contributed by atoms with Crippen molar-refractivity contribution in [2.45, 2.75) is 248 Å². The fourth-order valence-electron chi connectivity index (χ4n) is 6.82. The lowest BCUT2D eigenvalue weighted by Gasteiger charge is -2.47. The molecule has 12 nitrogen and oxygen atoms in total. The van der Waals surface area contributed by atoms with Crippen molar-refractivity contribution in [1.29, 1.82) is 0 Å². The molecule has 0 aliphatic rings. The van der Waals surface area contributed by atoms with Crippen molar-refractivity contribution < 1.29 is 28.4 Å². The summed E-state index contributed by atoms with van der Waals surface area (Å²) in [5, 5.41) is 3.21. The number of halogens is 1. The molecule has 338 valence electrons. The van der Waals surface area contributed by atoms with Gasteiger partial charge in [0.2, 0.25) is 0 Å². The Kier molecular flexibility index (Phi) is 21.0. The molecule has 4 atom stereocenters. The zero-order valence-corrected chi connectivity index (χ0v) is 42.3. The summed E-state index contributed by atoms with van der Waals surface area (Å²) in [4.78, 5) is 0. The van der Waals surface area contributed by atoms with E-state index < -0.39 is 52.5 Å². The van der Waals surface area contributed by atoms with Gasteiger partial charge < -0.3 is 51.4 Å². The maximum atomic E-state index is 6.71. The molecule has 0 aliphatic heterocycles. The van der Waals surface area contributed by atoms with Gasteiger partial charge in [0.15, 0.2) is 0 Å². The van der Waals surface area contributed by atoms with E-state index in [0.717, 1.165) is 25.7 Å². The molecule has 0 aromatic heterocycles. The molecule has 0 fully saturated rings. The molecule has 56 heavy (non-hydrogen) atoms. The minimum Gasteiger partial charge on any atom is -0.375 e. The average Bonchev–Trinajstić information content (AvgIpc) is 2.92. The molecule has 0 saturated heterocycles. The van der Waals surface area contributed by atoms with E-state index >= 15 is 0 Å². The van der Waals surface area contributed by atoms with Gasteiger partial charge in [0, 0.05) is 35.9 Å². The van der Waals surface area contributed by atoms with Crippen molar-refractivity contribution in [2.75, 3.05) is 13.7 Å². The fraction of sp³-hybridized carbons (Fsp3) is 1.00. The van der Waals surface area contributed by atoms with Crippen LogP contribution in [0.5, 0.6) is 0 Å². The number of rotatable bonds is 29. The number of ether oxygens (including phenoxy) is 6. The summed E-state index contributed by atoms with van der Waals surface area (Å²) in [5.74, 6) is 0. The summed E-state index contributed by atoms with van der Waals surface area (Å²) >= 11 is 2.16. The predicted octanol–water partition coefficient (Wildman–Crippen LogP) is 8.56. The first-order valence-corrected chi connectivity index (χ1v) is 21.9. The minimum absolute atomic E-state index is 0.175. The molecular formula is C43H93IN6O6. The van der Waals surface area contributed by atoms with Crippen molar-refractivity contribution >= 4 is 22.9 Å². The highest BCUT2D eigenvalue weighted by molar-refractivity contribution is 14.1. The van der Waals surface area contributed by atoms with Crippen LogP contribution in [0, 0.1) is 16.2 Å². The second-order valence-corrected chi connectivity index (χ2v) is 22.6. The predicted molar refractivity (Wildman–Crippen MR) is 242 cm³/mol. The van der Waals surface area contributed by atoms with Gasteiger partial charge in [-0.1, -0.05) is 41.5 Å². The molecule has 0 amide bonds. The van der Waals surface area contributed by atoms with E-state index in [1.165, 1.54) is 0 Å². The van der Waals surface area contributed by atoms with Crippen LogP contribution in [-0.4, -0.2) is 78.0 Å². The third-order valence-corrected chi connectivity index (χ3v) is 13.1. The van der Waals surface area contributed by atoms with Crippen molar-refractivity contribution in [3.05, 3.63) is 0 Å². The highest BCUT2D eigenvalue weighted by Crippen LogP contribution is 2.43. The van der Waals surface area contributed by atoms with Crippen LogP contribution in [0.15, 0.2) is 0 Å². The van der Waals surface area contributed by atoms with Gasteiger partial charge in [0.05, 0.1) is 28.0 Å². The fourth-order valence-corrected chi connectivity index (χ4v) is 7.16. The van der Waals surface area contributed by atoms with Crippen LogP contribution in [0.25, 0.3) is 0 Å². The largest absolute Gasteiger partial charge is 0.375 e. The number of nitrogens with two attached hydrogens (primary N) is 4. The lowest BCUT2D eigenvalue weighted by molar-refractivity contribution is -0.189. The topological polar surface area (TPSA) is 184 Å². The zero-order valence-electron chi connectivity index (χ0n) is 40.1. The average molecular weight is 917 g/mol. The van der Waals surface area contributed by atoms with E-state index in [1.54, 1.807) is 13.8 Å². The monoisotopic (exact) mass is 917 g/mol. The second kappa shape index (κ2) is 20.9. The van der Waals surface area contributed by atoms with Gasteiger partial charge in [-0.15, -0.1) is 0 Å². The minimum atomic E-state index is -0.814. The van der Waals surface area contributed by atoms with E-state index in [-0.39, 0.29) is 28.1 Å². The normalized spacial score (nSPS) is 17.2. The molecule has 4 unspecified atom stereocenters. The van der Waals surface area contributed by atoms with Crippen molar-refractivity contribution in [1.82, 2.24) is 8.85 Å². The Morgan fingerprint density at radius 2 is 0.929 bits per heavy atom. The van der Waals surface area contributed by atoms with Gasteiger partial charge in [-0.3, -0.25) is 5.32 Å². The Morgan fingerprint density at radius 3 is 1.36 bits per heavy atom. The summed E-state index contributed by atoms with van der Waals surface area (Å²) in [6, 6.07) is 0. The van der Waals surface area contributed by atoms with Crippen LogP contribution in [0.4, 0.5) is 0 Å². The Morgan fingerprint density at radius 1 is 0.518 bits per heavy atom. The van der Waals surface area contributed by atoms with Crippen LogP contribution in [0.3, 0.4) is 0 Å². The summed E-state index contributed by atoms with van der Waals surface area (Å²) in [6.07, 6.45) is 3.51. The molecule has 0 aliphatic carbocycles. The summed E-state index contributed by atoms with van der Waals surface area (Å²) < 4.78 is 41.7. The Hall–Kier alpha value is 0.250. The molecule has 0 heterocycles. The Labute approximate surface area is 359 Å². The zero-order chi connectivity index (χ0) is 44.6. The van der Waals surface area contributed by atoms with E-state index in [0.29, 0.717) is 25.9 Å². The Balaban J connectivity index is 5.13. The van der Waals surface area contributed by atoms with Gasteiger partial charge in [0.1, 0.15) is 36.4 Å². The van der Waals surface area contributed by atoms with Crippen molar-refractivity contribution in [3.8, 4) is 0 Å². The van der Waals surface area contributed by atoms with Crippen LogP contribution < -0.4 is 31.8 Å². The van der Waals surface area contributed by atoms with Crippen molar-refractivity contribution in [2.24, 2.45) is 39.2 Å². The lowest BCUT2D eigenvalue weighted by atomic mass is 9.72. The number of unbranched alkanes of at least 4 members (excludes halogenated alkanes) is 1. The molecule has 0 radical (unpaired) electrons. The number of nitrogens with one attached hydrogen (secondary N) is 2. The first-order chi connectivity index (χ1) is 24.7. The molecule has 10 N–H and O–H groups in total. The van der Waals surface area contributed by atoms with E-state index in [1.807, 2.05) is 20.9 Å². The van der Waals surface area contributed by atoms with Crippen LogP contribution in [0.1, 0.15) is 183 Å². The number of hydrogen-bond acceptors (Lipinski definition) is 12. The molecule has 0 aromatic carbocycles. The number of hydrogen-bond donors (Lipinski definition) is 6. The molecule has 13 heteroatoms. The first kappa shape index (κ1) is 56.2. The molecule has 0 aromatic rings. The van der Waals surface area contributed by atoms with E-state index in [9.17, 15) is 0 Å². The van der Waals surface area contributed by atoms with Gasteiger partial charge in [-0.25, -0.2) is 3.53 Å². The summed E-state index contributed by atoms with van der Waals surface area (Å²) in [7, 11) is 1.89. The third-order valence-electron chi connectivity index (χ3n) is 12.4. The highest BCUT2D eigenvalue weighted by atomic mass is 127. The van der Waals surface area contributed by atoms with Gasteiger partial charge >= 0.3 is 0 Å². The molecule has 0 bridgehead atoms. The van der Waals surface area contributed by atoms with E-state index in [4.69, 9.17) is 51.4 Å². The lowest BCUT2D eigenvalue weighted by Crippen LogP contribution is -2.52. The molecule has 0 spiro atoms. The summed E-state index contributed by atoms with van der Waals surface area (Å²) in [6.45, 7) is 42.3. The van der Waals surface area contributed by atoms with Crippen LogP contribution >= 0.6 is 22.9 Å². The Bertz CT molecular complexity index is 1150. The van der Waals surface area contributed by atoms with Gasteiger partial charge in [0.25, 0.3) is 0 Å². The van der Waals surface area contributed by atoms with Gasteiger partial charge in [-0.2, -0.15) is 0 Å². The molecule has 0 saturated carbocycles. The van der Waals surface area contributed by atoms with Crippen LogP contribution in [0.2, 0.25) is 0 Å². The molecule has 0 rings (SSSR count). The maximum absolute atomic E-state index is 6.71. The van der Waals surface area contributed by atoms with Crippen LogP contribution in [-0.2, 0) is 28.4 Å². The summed E-state index contributed by atoms with van der Waals surface area (Å²) in [5.41, 5.74) is 21.1. The first-order valence-electron chi connectivity index (χ1n) is 20.8. The smallest absolute Gasteiger partial charge is 0.119 e. The van der Waals surface area contributed by atoms with Gasteiger partial charge in [-0.05, 0) is 159 Å². The second-order valence-electron chi connectivity index (χ2n) is 22.0. The highest BCUT2D eigenvalue weighted by Gasteiger charge is 2.45. The SMILES string of the molecule is CNC(C)(C)OC(CC(C)(C)C(C)(C)OC(N)CC(C)(C)OC(C)(C)CCCCOC(C)(C)C(C)(C)CC(N)OC(C)(C)C(C)(C)CC(N)OC(C)(C)N)NI. The molecular weight excluding hydrogens is 823 g/mol. The standard InChI is InChI=1S/C43H93IN6O6/c1-34(2,26-30(45)52-40(13,14)35(3,4)27-31(46)54-42(17,18)48)39(11,12)51-25-23-22-24-37(7,8)56-38(9,10)28-32(47)53-41(15,16)36(5,6)29-33(50-44)55-43(19,20)49-21/h30-33,49-50H,22-29,45-48H2,1-21H3. The third kappa shape index (κ3) is 19.8.